The van der Waals surface area contributed by atoms with Crippen LogP contribution < -0.4 is 5.73 Å². The van der Waals surface area contributed by atoms with E-state index in [4.69, 9.17) is 5.73 Å². The number of aryl methyl sites for hydroxylation is 1. The lowest BCUT2D eigenvalue weighted by molar-refractivity contribution is 0.207. The number of unbranched alkanes of at least 4 members (excludes halogenated alkanes) is 1. The Balaban J connectivity index is 1.29. The molecule has 1 aliphatic heterocycles. The maximum absolute atomic E-state index is 13.6. The molecule has 0 amide bonds. The van der Waals surface area contributed by atoms with Gasteiger partial charge in [0.05, 0.1) is 4.90 Å². The Morgan fingerprint density at radius 2 is 1.81 bits per heavy atom. The van der Waals surface area contributed by atoms with Gasteiger partial charge in [-0.1, -0.05) is 42.5 Å². The number of pyridine rings is 1. The van der Waals surface area contributed by atoms with Crippen molar-refractivity contribution in [1.82, 2.24) is 14.2 Å². The van der Waals surface area contributed by atoms with Gasteiger partial charge in [0.2, 0.25) is 10.0 Å². The van der Waals surface area contributed by atoms with Crippen LogP contribution in [-0.2, 0) is 42.4 Å². The van der Waals surface area contributed by atoms with E-state index in [0.29, 0.717) is 30.4 Å². The highest BCUT2D eigenvalue weighted by Gasteiger charge is 2.28. The van der Waals surface area contributed by atoms with Gasteiger partial charge in [-0.2, -0.15) is 4.31 Å². The summed E-state index contributed by atoms with van der Waals surface area (Å²) in [4.78, 5) is 7.50. The van der Waals surface area contributed by atoms with Crippen molar-refractivity contribution in [3.63, 3.8) is 0 Å². The number of fused-ring (bicyclic) bond motifs is 2. The van der Waals surface area contributed by atoms with E-state index in [1.807, 2.05) is 42.6 Å². The fraction of sp³-hybridized carbons (Fsp3) is 0.433. The largest absolute Gasteiger partial charge is 0.330 e. The van der Waals surface area contributed by atoms with Crippen LogP contribution in [0.15, 0.2) is 71.8 Å². The summed E-state index contributed by atoms with van der Waals surface area (Å²) in [7, 11) is -3.55. The molecule has 2 aromatic carbocycles. The molecule has 1 atom stereocenters. The molecule has 6 nitrogen and oxygen atoms in total. The summed E-state index contributed by atoms with van der Waals surface area (Å²) in [6.07, 6.45) is 7.94. The van der Waals surface area contributed by atoms with E-state index >= 15 is 0 Å². The fourth-order valence-corrected chi connectivity index (χ4v) is 7.23. The third kappa shape index (κ3) is 6.29. The van der Waals surface area contributed by atoms with E-state index in [1.165, 1.54) is 16.8 Å². The van der Waals surface area contributed by atoms with Crippen LogP contribution in [-0.4, -0.2) is 48.8 Å². The predicted molar refractivity (Wildman–Crippen MR) is 148 cm³/mol. The molecule has 2 N–H and O–H groups in total. The molecule has 0 saturated heterocycles. The molecule has 1 aromatic heterocycles. The van der Waals surface area contributed by atoms with E-state index in [9.17, 15) is 8.42 Å². The molecule has 0 bridgehead atoms. The van der Waals surface area contributed by atoms with Crippen LogP contribution in [0.5, 0.6) is 0 Å². The van der Waals surface area contributed by atoms with Crippen LogP contribution in [0.2, 0.25) is 0 Å². The van der Waals surface area contributed by atoms with Gasteiger partial charge in [0.1, 0.15) is 0 Å². The van der Waals surface area contributed by atoms with Crippen LogP contribution in [0.25, 0.3) is 0 Å². The van der Waals surface area contributed by atoms with Crippen molar-refractivity contribution in [2.75, 3.05) is 26.2 Å². The van der Waals surface area contributed by atoms with Crippen molar-refractivity contribution in [1.29, 1.82) is 0 Å². The maximum atomic E-state index is 13.6. The topological polar surface area (TPSA) is 79.5 Å². The summed E-state index contributed by atoms with van der Waals surface area (Å²) in [5.41, 5.74) is 11.8. The summed E-state index contributed by atoms with van der Waals surface area (Å²) in [6.45, 7) is 4.34. The molecule has 0 fully saturated rings. The molecule has 1 unspecified atom stereocenters. The molecule has 3 aromatic rings. The summed E-state index contributed by atoms with van der Waals surface area (Å²) in [6, 6.07) is 19.9. The van der Waals surface area contributed by atoms with E-state index in [-0.39, 0.29) is 0 Å². The molecule has 0 radical (unpaired) electrons. The van der Waals surface area contributed by atoms with Crippen molar-refractivity contribution in [2.45, 2.75) is 56.5 Å². The summed E-state index contributed by atoms with van der Waals surface area (Å²) < 4.78 is 28.8. The number of rotatable bonds is 10. The number of aromatic nitrogens is 1. The minimum absolute atomic E-state index is 0.391. The number of hydrogen-bond acceptors (Lipinski definition) is 5. The molecule has 7 heteroatoms. The zero-order valence-corrected chi connectivity index (χ0v) is 22.4. The third-order valence-corrected chi connectivity index (χ3v) is 9.61. The summed E-state index contributed by atoms with van der Waals surface area (Å²) in [5, 5.41) is 0. The van der Waals surface area contributed by atoms with Gasteiger partial charge in [-0.15, -0.1) is 0 Å². The van der Waals surface area contributed by atoms with Crippen molar-refractivity contribution in [2.24, 2.45) is 11.7 Å². The second kappa shape index (κ2) is 11.9. The first kappa shape index (κ1) is 26.0. The van der Waals surface area contributed by atoms with Crippen LogP contribution in [0, 0.1) is 5.92 Å². The summed E-state index contributed by atoms with van der Waals surface area (Å²) >= 11 is 0. The van der Waals surface area contributed by atoms with Gasteiger partial charge < -0.3 is 5.73 Å². The first-order chi connectivity index (χ1) is 18.0. The highest BCUT2D eigenvalue weighted by Crippen LogP contribution is 2.27. The van der Waals surface area contributed by atoms with E-state index < -0.39 is 10.0 Å². The second-order valence-corrected chi connectivity index (χ2v) is 12.4. The normalized spacial score (nSPS) is 17.9. The van der Waals surface area contributed by atoms with Gasteiger partial charge >= 0.3 is 0 Å². The van der Waals surface area contributed by atoms with Gasteiger partial charge in [-0.05, 0) is 98.0 Å². The van der Waals surface area contributed by atoms with Gasteiger partial charge in [0, 0.05) is 38.1 Å². The van der Waals surface area contributed by atoms with E-state index in [0.717, 1.165) is 69.3 Å². The minimum atomic E-state index is -3.55. The Kier molecular flexibility index (Phi) is 8.35. The zero-order chi connectivity index (χ0) is 25.7. The van der Waals surface area contributed by atoms with Crippen molar-refractivity contribution in [3.05, 3.63) is 94.8 Å². The highest BCUT2D eigenvalue weighted by molar-refractivity contribution is 7.89. The molecular formula is C30H38N4O2S. The average Bonchev–Trinajstić information content (AvgIpc) is 2.93. The Morgan fingerprint density at radius 3 is 2.68 bits per heavy atom. The smallest absolute Gasteiger partial charge is 0.243 e. The molecule has 5 rings (SSSR count). The lowest BCUT2D eigenvalue weighted by atomic mass is 9.86. The van der Waals surface area contributed by atoms with Gasteiger partial charge in [-0.25, -0.2) is 8.42 Å². The van der Waals surface area contributed by atoms with Crippen LogP contribution >= 0.6 is 0 Å². The fourth-order valence-electron chi connectivity index (χ4n) is 5.74. The molecule has 37 heavy (non-hydrogen) atoms. The standard InChI is InChI=1S/C30H38N4O2S/c31-15-3-4-17-33(22-25-12-13-27-10-6-16-32-30(27)20-25)21-24-7-5-11-29(19-24)37(35,36)34-18-14-26-8-1-2-9-28(26)23-34/h1-2,5-11,16,19,25H,3-4,12-15,17-18,20-23,31H2. The first-order valence-corrected chi connectivity index (χ1v) is 15.0. The summed E-state index contributed by atoms with van der Waals surface area (Å²) in [5.74, 6) is 0.556. The first-order valence-electron chi connectivity index (χ1n) is 13.5. The highest BCUT2D eigenvalue weighted by atomic mass is 32.2. The van der Waals surface area contributed by atoms with Gasteiger partial charge in [0.15, 0.2) is 0 Å². The van der Waals surface area contributed by atoms with Crippen LogP contribution in [0.4, 0.5) is 0 Å². The van der Waals surface area contributed by atoms with Gasteiger partial charge in [-0.3, -0.25) is 9.88 Å². The third-order valence-electron chi connectivity index (χ3n) is 7.77. The SMILES string of the molecule is NCCCCN(Cc1cccc(S(=O)(=O)N2CCc3ccccc3C2)c1)CC1CCc2cccnc2C1. The average molecular weight is 519 g/mol. The molecule has 1 aliphatic carbocycles. The quantitative estimate of drug-likeness (QED) is 0.408. The zero-order valence-electron chi connectivity index (χ0n) is 21.6. The molecule has 196 valence electrons. The molecule has 2 aliphatic rings. The number of nitrogens with zero attached hydrogens (tertiary/aromatic N) is 3. The predicted octanol–water partition coefficient (Wildman–Crippen LogP) is 4.17. The van der Waals surface area contributed by atoms with Crippen molar-refractivity contribution >= 4 is 10.0 Å². The molecular weight excluding hydrogens is 480 g/mol. The Bertz CT molecular complexity index is 1310. The van der Waals surface area contributed by atoms with Crippen molar-refractivity contribution in [3.8, 4) is 0 Å². The Labute approximate surface area is 221 Å². The second-order valence-electron chi connectivity index (χ2n) is 10.5. The maximum Gasteiger partial charge on any atom is 0.243 e. The van der Waals surface area contributed by atoms with Gasteiger partial charge in [0.25, 0.3) is 0 Å². The Hall–Kier alpha value is -2.58. The number of nitrogens with two attached hydrogens (primary N) is 1. The Morgan fingerprint density at radius 1 is 0.973 bits per heavy atom. The van der Waals surface area contributed by atoms with E-state index in [1.54, 1.807) is 10.4 Å². The lowest BCUT2D eigenvalue weighted by Crippen LogP contribution is -2.36. The number of sulfonamides is 1. The number of hydrogen-bond donors (Lipinski definition) is 1. The van der Waals surface area contributed by atoms with Crippen LogP contribution in [0.1, 0.15) is 47.2 Å². The monoisotopic (exact) mass is 518 g/mol. The van der Waals surface area contributed by atoms with Crippen molar-refractivity contribution < 1.29 is 8.42 Å². The lowest BCUT2D eigenvalue weighted by Gasteiger charge is -2.31. The molecule has 0 saturated carbocycles. The van der Waals surface area contributed by atoms with E-state index in [2.05, 4.69) is 28.1 Å². The molecule has 2 heterocycles. The number of benzene rings is 2. The minimum Gasteiger partial charge on any atom is -0.330 e. The van der Waals surface area contributed by atoms with Crippen LogP contribution in [0.3, 0.4) is 0 Å². The molecule has 0 spiro atoms.